The van der Waals surface area contributed by atoms with Gasteiger partial charge in [0.1, 0.15) is 0 Å². The third kappa shape index (κ3) is 1.77. The van der Waals surface area contributed by atoms with Crippen LogP contribution in [0.3, 0.4) is 0 Å². The maximum absolute atomic E-state index is 11.9. The van der Waals surface area contributed by atoms with Gasteiger partial charge in [-0.05, 0) is 12.8 Å². The van der Waals surface area contributed by atoms with Crippen LogP contribution >= 0.6 is 0 Å². The molecule has 1 aliphatic rings. The van der Waals surface area contributed by atoms with E-state index in [1.807, 2.05) is 0 Å². The summed E-state index contributed by atoms with van der Waals surface area (Å²) in [6.45, 7) is -0.219. The van der Waals surface area contributed by atoms with Crippen LogP contribution in [-0.2, 0) is 19.2 Å². The average molecular weight is 300 g/mol. The average Bonchev–Trinajstić information content (AvgIpc) is 2.35. The van der Waals surface area contributed by atoms with E-state index < -0.39 is 40.6 Å². The number of hydrogen-bond donors (Lipinski definition) is 5. The van der Waals surface area contributed by atoms with Gasteiger partial charge in [-0.3, -0.25) is 19.2 Å². The number of rotatable bonds is 4. The Morgan fingerprint density at radius 3 is 1.48 bits per heavy atom. The first-order valence-electron chi connectivity index (χ1n) is 5.83. The third-order valence-electron chi connectivity index (χ3n) is 3.78. The predicted octanol–water partition coefficient (Wildman–Crippen LogP) is -4.17. The van der Waals surface area contributed by atoms with E-state index in [1.165, 1.54) is 0 Å². The zero-order valence-corrected chi connectivity index (χ0v) is 11.0. The molecule has 0 atom stereocenters. The van der Waals surface area contributed by atoms with Crippen LogP contribution in [0.1, 0.15) is 12.8 Å². The number of primary amides is 5. The molecule has 0 aromatic carbocycles. The molecule has 10 N–H and O–H groups in total. The second kappa shape index (κ2) is 4.92. The molecule has 0 aliphatic carbocycles. The normalized spacial score (nSPS) is 19.5. The first kappa shape index (κ1) is 16.2. The van der Waals surface area contributed by atoms with E-state index in [-0.39, 0.29) is 19.4 Å². The molecule has 0 spiro atoms. The van der Waals surface area contributed by atoms with Crippen molar-refractivity contribution in [1.29, 1.82) is 0 Å². The van der Waals surface area contributed by atoms with E-state index in [9.17, 15) is 24.0 Å². The van der Waals surface area contributed by atoms with Gasteiger partial charge < -0.3 is 33.6 Å². The van der Waals surface area contributed by atoms with Crippen LogP contribution < -0.4 is 28.7 Å². The van der Waals surface area contributed by atoms with Crippen LogP contribution in [0.5, 0.6) is 0 Å². The highest BCUT2D eigenvalue weighted by Crippen LogP contribution is 2.44. The second-order valence-corrected chi connectivity index (χ2v) is 4.67. The maximum Gasteiger partial charge on any atom is 0.316 e. The minimum atomic E-state index is -2.84. The molecule has 0 saturated carbocycles. The number of amides is 6. The monoisotopic (exact) mass is 300 g/mol. The minimum absolute atomic E-state index is 0.0388. The fourth-order valence-corrected chi connectivity index (χ4v) is 2.89. The Hall–Kier alpha value is -2.85. The summed E-state index contributed by atoms with van der Waals surface area (Å²) in [7, 11) is 0. The fraction of sp³-hybridized carbons (Fsp3) is 0.500. The summed E-state index contributed by atoms with van der Waals surface area (Å²) in [5.74, 6) is -5.80. The summed E-state index contributed by atoms with van der Waals surface area (Å²) in [6, 6.07) is -1.26. The highest BCUT2D eigenvalue weighted by Gasteiger charge is 2.72. The number of likely N-dealkylation sites (tertiary alicyclic amines) is 1. The van der Waals surface area contributed by atoms with Crippen LogP contribution in [0.15, 0.2) is 0 Å². The van der Waals surface area contributed by atoms with Gasteiger partial charge in [-0.15, -0.1) is 0 Å². The van der Waals surface area contributed by atoms with Crippen molar-refractivity contribution in [2.24, 2.45) is 34.1 Å². The molecule has 116 valence electrons. The lowest BCUT2D eigenvalue weighted by Crippen LogP contribution is -2.81. The van der Waals surface area contributed by atoms with Crippen molar-refractivity contribution in [3.8, 4) is 0 Å². The summed E-state index contributed by atoms with van der Waals surface area (Å²) < 4.78 is 0. The van der Waals surface area contributed by atoms with Gasteiger partial charge in [-0.25, -0.2) is 4.79 Å². The van der Waals surface area contributed by atoms with Crippen LogP contribution in [0.2, 0.25) is 0 Å². The number of carbonyl (C=O) groups excluding carboxylic acids is 5. The molecule has 1 aliphatic heterocycles. The van der Waals surface area contributed by atoms with Gasteiger partial charge in [0, 0.05) is 6.54 Å². The highest BCUT2D eigenvalue weighted by molar-refractivity contribution is 6.22. The molecule has 0 aromatic rings. The topological polar surface area (TPSA) is 219 Å². The van der Waals surface area contributed by atoms with E-state index in [2.05, 4.69) is 0 Å². The Bertz CT molecular complexity index is 516. The van der Waals surface area contributed by atoms with Crippen molar-refractivity contribution in [3.63, 3.8) is 0 Å². The molecule has 1 heterocycles. The lowest BCUT2D eigenvalue weighted by molar-refractivity contribution is -0.169. The summed E-state index contributed by atoms with van der Waals surface area (Å²) in [4.78, 5) is 59.5. The second-order valence-electron chi connectivity index (χ2n) is 4.67. The van der Waals surface area contributed by atoms with Gasteiger partial charge in [0.2, 0.25) is 17.4 Å². The molecular weight excluding hydrogens is 284 g/mol. The SMILES string of the molecule is NC(=O)N1CCCC(C(N)=O)(C(N)=O)C1(C(N)=O)C(N)=O. The largest absolute Gasteiger partial charge is 0.369 e. The van der Waals surface area contributed by atoms with Gasteiger partial charge in [0.25, 0.3) is 11.8 Å². The van der Waals surface area contributed by atoms with Gasteiger partial charge in [-0.2, -0.15) is 0 Å². The van der Waals surface area contributed by atoms with Crippen molar-refractivity contribution in [2.45, 2.75) is 18.4 Å². The number of hydrogen-bond acceptors (Lipinski definition) is 5. The molecule has 6 amide bonds. The summed E-state index contributed by atoms with van der Waals surface area (Å²) in [5, 5.41) is 0. The maximum atomic E-state index is 11.9. The van der Waals surface area contributed by atoms with Crippen LogP contribution in [0.25, 0.3) is 0 Å². The molecule has 0 radical (unpaired) electrons. The number of carbonyl (C=O) groups is 5. The number of urea groups is 1. The smallest absolute Gasteiger partial charge is 0.316 e. The molecule has 11 heteroatoms. The first-order valence-corrected chi connectivity index (χ1v) is 5.83. The Morgan fingerprint density at radius 2 is 1.19 bits per heavy atom. The van der Waals surface area contributed by atoms with Crippen LogP contribution in [0.4, 0.5) is 4.79 Å². The summed E-state index contributed by atoms with van der Waals surface area (Å²) in [6.07, 6.45) is -0.329. The fourth-order valence-electron chi connectivity index (χ4n) is 2.89. The zero-order chi connectivity index (χ0) is 16.6. The lowest BCUT2D eigenvalue weighted by atomic mass is 9.61. The van der Waals surface area contributed by atoms with Crippen LogP contribution in [0, 0.1) is 5.41 Å². The van der Waals surface area contributed by atoms with Crippen molar-refractivity contribution in [1.82, 2.24) is 4.90 Å². The van der Waals surface area contributed by atoms with Gasteiger partial charge >= 0.3 is 6.03 Å². The Labute approximate surface area is 118 Å². The third-order valence-corrected chi connectivity index (χ3v) is 3.78. The molecule has 1 saturated heterocycles. The number of nitrogens with two attached hydrogens (primary N) is 5. The summed E-state index contributed by atoms with van der Waals surface area (Å²) in [5.41, 5.74) is 20.4. The van der Waals surface area contributed by atoms with E-state index in [0.29, 0.717) is 4.90 Å². The summed E-state index contributed by atoms with van der Waals surface area (Å²) >= 11 is 0. The van der Waals surface area contributed by atoms with Crippen molar-refractivity contribution < 1.29 is 24.0 Å². The molecule has 0 unspecified atom stereocenters. The number of piperidine rings is 1. The Balaban J connectivity index is 3.87. The Morgan fingerprint density at radius 1 is 0.762 bits per heavy atom. The van der Waals surface area contributed by atoms with E-state index in [4.69, 9.17) is 28.7 Å². The first-order chi connectivity index (χ1) is 9.56. The molecule has 0 aromatic heterocycles. The van der Waals surface area contributed by atoms with Gasteiger partial charge in [-0.1, -0.05) is 0 Å². The van der Waals surface area contributed by atoms with E-state index in [0.717, 1.165) is 0 Å². The van der Waals surface area contributed by atoms with E-state index in [1.54, 1.807) is 0 Å². The molecule has 11 nitrogen and oxygen atoms in total. The molecule has 0 bridgehead atoms. The molecule has 1 fully saturated rings. The Kier molecular flexibility index (Phi) is 3.80. The van der Waals surface area contributed by atoms with E-state index >= 15 is 0 Å². The van der Waals surface area contributed by atoms with Crippen molar-refractivity contribution in [2.75, 3.05) is 6.54 Å². The highest BCUT2D eigenvalue weighted by atomic mass is 16.2. The zero-order valence-electron chi connectivity index (χ0n) is 11.0. The van der Waals surface area contributed by atoms with Gasteiger partial charge in [0.05, 0.1) is 0 Å². The molecule has 21 heavy (non-hydrogen) atoms. The van der Waals surface area contributed by atoms with Gasteiger partial charge in [0.15, 0.2) is 5.41 Å². The number of nitrogens with zero attached hydrogens (tertiary/aromatic N) is 1. The standard InChI is InChI=1S/C10H16N6O5/c11-4(17)9(5(12)18)2-1-3-16(8(15)21)10(9,6(13)19)7(14)20/h1-3H2,(H2,11,17)(H2,12,18)(H2,13,19)(H2,14,20)(H2,15,21). The lowest BCUT2D eigenvalue weighted by Gasteiger charge is -2.51. The quantitative estimate of drug-likeness (QED) is 0.325. The molecule has 1 rings (SSSR count). The predicted molar refractivity (Wildman–Crippen MR) is 67.5 cm³/mol. The minimum Gasteiger partial charge on any atom is -0.369 e. The van der Waals surface area contributed by atoms with Crippen molar-refractivity contribution in [3.05, 3.63) is 0 Å². The van der Waals surface area contributed by atoms with Crippen molar-refractivity contribution >= 4 is 29.7 Å². The molecular formula is C10H16N6O5. The van der Waals surface area contributed by atoms with Crippen LogP contribution in [-0.4, -0.2) is 46.6 Å².